The van der Waals surface area contributed by atoms with Gasteiger partial charge in [-0.15, -0.1) is 0 Å². The summed E-state index contributed by atoms with van der Waals surface area (Å²) in [5, 5.41) is 4.34. The van der Waals surface area contributed by atoms with Crippen LogP contribution in [0.2, 0.25) is 0 Å². The summed E-state index contributed by atoms with van der Waals surface area (Å²) in [7, 11) is -6.71. The lowest BCUT2D eigenvalue weighted by Gasteiger charge is -2.13. The lowest BCUT2D eigenvalue weighted by molar-refractivity contribution is 0.507. The maximum atomic E-state index is 13.1. The SMILES string of the molecule is CS(=O)(=O)Nc1cc(-c2ccc(F)cc2)nn1[C@H]1CCS(=O)(=O)C1. The average Bonchev–Trinajstić information content (AvgIpc) is 3.01. The summed E-state index contributed by atoms with van der Waals surface area (Å²) in [4.78, 5) is 0. The first kappa shape index (κ1) is 16.9. The summed E-state index contributed by atoms with van der Waals surface area (Å²) in [5.74, 6) is -0.244. The van der Waals surface area contributed by atoms with Crippen molar-refractivity contribution in [1.82, 2.24) is 9.78 Å². The number of benzene rings is 1. The fourth-order valence-corrected chi connectivity index (χ4v) is 4.89. The summed E-state index contributed by atoms with van der Waals surface area (Å²) in [6.45, 7) is 0. The Bertz CT molecular complexity index is 966. The minimum Gasteiger partial charge on any atom is -0.268 e. The molecule has 1 fully saturated rings. The Balaban J connectivity index is 2.04. The van der Waals surface area contributed by atoms with E-state index in [4.69, 9.17) is 0 Å². The molecule has 0 bridgehead atoms. The monoisotopic (exact) mass is 373 g/mol. The Morgan fingerprint density at radius 2 is 1.96 bits per heavy atom. The number of aromatic nitrogens is 2. The van der Waals surface area contributed by atoms with Crippen LogP contribution in [0, 0.1) is 5.82 Å². The second kappa shape index (κ2) is 5.85. The highest BCUT2D eigenvalue weighted by Gasteiger charge is 2.32. The van der Waals surface area contributed by atoms with Gasteiger partial charge in [0.15, 0.2) is 9.84 Å². The van der Waals surface area contributed by atoms with Gasteiger partial charge in [-0.2, -0.15) is 5.10 Å². The molecule has 1 aromatic heterocycles. The van der Waals surface area contributed by atoms with Crippen LogP contribution in [-0.4, -0.2) is 44.4 Å². The zero-order chi connectivity index (χ0) is 17.5. The maximum Gasteiger partial charge on any atom is 0.230 e. The molecule has 0 radical (unpaired) electrons. The summed E-state index contributed by atoms with van der Waals surface area (Å²) < 4.78 is 63.3. The molecule has 1 N–H and O–H groups in total. The second-order valence-corrected chi connectivity index (χ2v) is 9.77. The number of nitrogens with zero attached hydrogens (tertiary/aromatic N) is 2. The fraction of sp³-hybridized carbons (Fsp3) is 0.357. The molecule has 0 aliphatic carbocycles. The Kier molecular flexibility index (Phi) is 4.12. The molecule has 1 atom stereocenters. The van der Waals surface area contributed by atoms with E-state index in [9.17, 15) is 21.2 Å². The molecule has 0 saturated carbocycles. The minimum absolute atomic E-state index is 0.0434. The Labute approximate surface area is 139 Å². The molecule has 2 aromatic rings. The number of hydrogen-bond donors (Lipinski definition) is 1. The zero-order valence-electron chi connectivity index (χ0n) is 12.8. The quantitative estimate of drug-likeness (QED) is 0.874. The maximum absolute atomic E-state index is 13.1. The molecule has 2 heterocycles. The number of halogens is 1. The van der Waals surface area contributed by atoms with E-state index in [0.29, 0.717) is 17.7 Å². The summed E-state index contributed by atoms with van der Waals surface area (Å²) in [6.07, 6.45) is 1.37. The van der Waals surface area contributed by atoms with Crippen molar-refractivity contribution in [2.24, 2.45) is 0 Å². The predicted octanol–water partition coefficient (Wildman–Crippen LogP) is 1.42. The molecule has 10 heteroatoms. The Morgan fingerprint density at radius 3 is 2.50 bits per heavy atom. The largest absolute Gasteiger partial charge is 0.268 e. The van der Waals surface area contributed by atoms with E-state index in [1.54, 1.807) is 0 Å². The highest BCUT2D eigenvalue weighted by Crippen LogP contribution is 2.30. The Morgan fingerprint density at radius 1 is 1.29 bits per heavy atom. The van der Waals surface area contributed by atoms with Crippen molar-refractivity contribution in [3.8, 4) is 11.3 Å². The van der Waals surface area contributed by atoms with Crippen molar-refractivity contribution in [1.29, 1.82) is 0 Å². The summed E-state index contributed by atoms with van der Waals surface area (Å²) in [6, 6.07) is 6.68. The van der Waals surface area contributed by atoms with Crippen LogP contribution >= 0.6 is 0 Å². The molecule has 7 nitrogen and oxygen atoms in total. The summed E-state index contributed by atoms with van der Waals surface area (Å²) in [5.41, 5.74) is 1.04. The molecular weight excluding hydrogens is 357 g/mol. The van der Waals surface area contributed by atoms with Gasteiger partial charge in [-0.1, -0.05) is 0 Å². The van der Waals surface area contributed by atoms with Crippen LogP contribution in [0.3, 0.4) is 0 Å². The zero-order valence-corrected chi connectivity index (χ0v) is 14.4. The normalized spacial score (nSPS) is 20.2. The summed E-state index contributed by atoms with van der Waals surface area (Å²) >= 11 is 0. The molecule has 1 aromatic carbocycles. The van der Waals surface area contributed by atoms with E-state index in [0.717, 1.165) is 6.26 Å². The molecule has 130 valence electrons. The van der Waals surface area contributed by atoms with Crippen molar-refractivity contribution in [2.45, 2.75) is 12.5 Å². The van der Waals surface area contributed by atoms with E-state index >= 15 is 0 Å². The Hall–Kier alpha value is -1.94. The first-order valence-electron chi connectivity index (χ1n) is 7.17. The number of rotatable bonds is 4. The predicted molar refractivity (Wildman–Crippen MR) is 88.4 cm³/mol. The highest BCUT2D eigenvalue weighted by molar-refractivity contribution is 7.92. The van der Waals surface area contributed by atoms with Crippen LogP contribution in [0.5, 0.6) is 0 Å². The van der Waals surface area contributed by atoms with E-state index in [2.05, 4.69) is 9.82 Å². The van der Waals surface area contributed by atoms with Crippen molar-refractivity contribution in [3.63, 3.8) is 0 Å². The lowest BCUT2D eigenvalue weighted by atomic mass is 10.1. The molecule has 0 spiro atoms. The van der Waals surface area contributed by atoms with Gasteiger partial charge in [-0.25, -0.2) is 25.9 Å². The van der Waals surface area contributed by atoms with Crippen LogP contribution in [0.1, 0.15) is 12.5 Å². The smallest absolute Gasteiger partial charge is 0.230 e. The van der Waals surface area contributed by atoms with Crippen LogP contribution in [0.25, 0.3) is 11.3 Å². The first-order chi connectivity index (χ1) is 11.1. The lowest BCUT2D eigenvalue weighted by Crippen LogP contribution is -2.18. The van der Waals surface area contributed by atoms with Crippen molar-refractivity contribution < 1.29 is 21.2 Å². The van der Waals surface area contributed by atoms with Gasteiger partial charge < -0.3 is 0 Å². The van der Waals surface area contributed by atoms with Crippen LogP contribution in [-0.2, 0) is 19.9 Å². The highest BCUT2D eigenvalue weighted by atomic mass is 32.2. The van der Waals surface area contributed by atoms with Gasteiger partial charge in [0, 0.05) is 11.6 Å². The fourth-order valence-electron chi connectivity index (χ4n) is 2.67. The minimum atomic E-state index is -3.55. The van der Waals surface area contributed by atoms with Crippen molar-refractivity contribution in [2.75, 3.05) is 22.5 Å². The average molecular weight is 373 g/mol. The number of anilines is 1. The molecule has 1 aliphatic heterocycles. The van der Waals surface area contributed by atoms with Gasteiger partial charge in [-0.3, -0.25) is 4.72 Å². The van der Waals surface area contributed by atoms with Gasteiger partial charge >= 0.3 is 0 Å². The number of hydrogen-bond acceptors (Lipinski definition) is 5. The van der Waals surface area contributed by atoms with Gasteiger partial charge in [-0.05, 0) is 30.7 Å². The molecule has 1 saturated heterocycles. The van der Waals surface area contributed by atoms with E-state index in [1.165, 1.54) is 35.0 Å². The number of sulfone groups is 1. The van der Waals surface area contributed by atoms with E-state index in [1.807, 2.05) is 0 Å². The van der Waals surface area contributed by atoms with Crippen LogP contribution < -0.4 is 4.72 Å². The molecule has 3 rings (SSSR count). The second-order valence-electron chi connectivity index (χ2n) is 5.80. The van der Waals surface area contributed by atoms with Gasteiger partial charge in [0.1, 0.15) is 11.6 Å². The van der Waals surface area contributed by atoms with E-state index < -0.39 is 31.7 Å². The number of sulfonamides is 1. The number of nitrogens with one attached hydrogen (secondary N) is 1. The van der Waals surface area contributed by atoms with Crippen LogP contribution in [0.4, 0.5) is 10.2 Å². The molecule has 0 amide bonds. The standard InChI is InChI=1S/C14H16FN3O4S2/c1-23(19,20)17-14-8-13(10-2-4-11(15)5-3-10)16-18(14)12-6-7-24(21,22)9-12/h2-5,8,12,17H,6-7,9H2,1H3/t12-/m0/s1. The topological polar surface area (TPSA) is 98.1 Å². The molecule has 0 unspecified atom stereocenters. The third-order valence-corrected chi connectivity index (χ3v) is 6.05. The van der Waals surface area contributed by atoms with E-state index in [-0.39, 0.29) is 17.3 Å². The van der Waals surface area contributed by atoms with Gasteiger partial charge in [0.2, 0.25) is 10.0 Å². The third kappa shape index (κ3) is 3.75. The van der Waals surface area contributed by atoms with Gasteiger partial charge in [0.25, 0.3) is 0 Å². The first-order valence-corrected chi connectivity index (χ1v) is 10.9. The molecule has 24 heavy (non-hydrogen) atoms. The van der Waals surface area contributed by atoms with Gasteiger partial charge in [0.05, 0.1) is 29.5 Å². The van der Waals surface area contributed by atoms with Crippen LogP contribution in [0.15, 0.2) is 30.3 Å². The third-order valence-electron chi connectivity index (χ3n) is 3.72. The molecule has 1 aliphatic rings. The van der Waals surface area contributed by atoms with Crippen molar-refractivity contribution >= 4 is 25.7 Å². The molecular formula is C14H16FN3O4S2. The van der Waals surface area contributed by atoms with Crippen molar-refractivity contribution in [3.05, 3.63) is 36.1 Å².